The highest BCUT2D eigenvalue weighted by Crippen LogP contribution is 2.20. The third-order valence-electron chi connectivity index (χ3n) is 4.14. The van der Waals surface area contributed by atoms with E-state index in [1.54, 1.807) is 31.2 Å². The van der Waals surface area contributed by atoms with E-state index in [9.17, 15) is 4.79 Å². The second kappa shape index (κ2) is 8.98. The van der Waals surface area contributed by atoms with Crippen LogP contribution in [-0.2, 0) is 13.5 Å². The van der Waals surface area contributed by atoms with Crippen molar-refractivity contribution in [1.29, 1.82) is 0 Å². The van der Waals surface area contributed by atoms with Crippen molar-refractivity contribution in [2.45, 2.75) is 25.7 Å². The first-order valence-corrected chi connectivity index (χ1v) is 8.89. The van der Waals surface area contributed by atoms with E-state index in [1.165, 1.54) is 0 Å². The molecule has 0 atom stereocenters. The number of nitrogens with one attached hydrogen (secondary N) is 1. The van der Waals surface area contributed by atoms with Gasteiger partial charge in [-0.15, -0.1) is 0 Å². The Labute approximate surface area is 157 Å². The van der Waals surface area contributed by atoms with E-state index in [0.29, 0.717) is 23.8 Å². The van der Waals surface area contributed by atoms with Gasteiger partial charge >= 0.3 is 0 Å². The predicted molar refractivity (Wildman–Crippen MR) is 99.4 cm³/mol. The first-order valence-electron chi connectivity index (χ1n) is 8.89. The summed E-state index contributed by atoms with van der Waals surface area (Å²) < 4.78 is 12.1. The van der Waals surface area contributed by atoms with E-state index in [2.05, 4.69) is 20.6 Å². The Morgan fingerprint density at radius 2 is 2.04 bits per heavy atom. The molecule has 2 heterocycles. The largest absolute Gasteiger partial charge is 0.497 e. The lowest BCUT2D eigenvalue weighted by Gasteiger charge is -2.02. The van der Waals surface area contributed by atoms with Crippen molar-refractivity contribution in [3.05, 3.63) is 48.1 Å². The van der Waals surface area contributed by atoms with Crippen molar-refractivity contribution in [2.75, 3.05) is 13.7 Å². The van der Waals surface area contributed by atoms with Gasteiger partial charge in [0.15, 0.2) is 0 Å². The molecular formula is C19H23N5O3. The highest BCUT2D eigenvalue weighted by Gasteiger charge is 2.09. The smallest absolute Gasteiger partial charge is 0.254 e. The molecule has 2 aromatic heterocycles. The number of hydrogen-bond donors (Lipinski definition) is 1. The minimum Gasteiger partial charge on any atom is -0.497 e. The summed E-state index contributed by atoms with van der Waals surface area (Å²) in [5, 5.41) is 10.9. The van der Waals surface area contributed by atoms with Crippen LogP contribution >= 0.6 is 0 Å². The van der Waals surface area contributed by atoms with Crippen LogP contribution in [0.1, 0.15) is 35.5 Å². The normalized spacial score (nSPS) is 10.7. The SMILES string of the molecule is COc1ccc(-c2noc(CCCCCNC(=O)c3cnn(C)c3)n2)cc1. The molecule has 0 aliphatic carbocycles. The molecule has 27 heavy (non-hydrogen) atoms. The third-order valence-corrected chi connectivity index (χ3v) is 4.14. The van der Waals surface area contributed by atoms with Crippen molar-refractivity contribution >= 4 is 5.91 Å². The summed E-state index contributed by atoms with van der Waals surface area (Å²) in [6, 6.07) is 7.53. The molecule has 0 saturated carbocycles. The third kappa shape index (κ3) is 5.16. The monoisotopic (exact) mass is 369 g/mol. The van der Waals surface area contributed by atoms with Crippen molar-refractivity contribution < 1.29 is 14.1 Å². The first kappa shape index (κ1) is 18.6. The van der Waals surface area contributed by atoms with E-state index in [0.717, 1.165) is 37.0 Å². The lowest BCUT2D eigenvalue weighted by atomic mass is 10.2. The van der Waals surface area contributed by atoms with Gasteiger partial charge in [0.05, 0.1) is 18.9 Å². The molecule has 142 valence electrons. The van der Waals surface area contributed by atoms with Crippen LogP contribution in [0.4, 0.5) is 0 Å². The molecule has 0 saturated heterocycles. The molecule has 1 N–H and O–H groups in total. The fourth-order valence-corrected chi connectivity index (χ4v) is 2.63. The maximum atomic E-state index is 11.9. The highest BCUT2D eigenvalue weighted by atomic mass is 16.5. The van der Waals surface area contributed by atoms with Gasteiger partial charge in [-0.25, -0.2) is 0 Å². The number of ether oxygens (including phenoxy) is 1. The van der Waals surface area contributed by atoms with Gasteiger partial charge in [-0.3, -0.25) is 9.48 Å². The molecule has 0 aliphatic heterocycles. The number of aryl methyl sites for hydroxylation is 2. The molecule has 8 heteroatoms. The van der Waals surface area contributed by atoms with E-state index in [-0.39, 0.29) is 5.91 Å². The van der Waals surface area contributed by atoms with Crippen molar-refractivity contribution in [1.82, 2.24) is 25.2 Å². The Morgan fingerprint density at radius 3 is 2.74 bits per heavy atom. The Bertz CT molecular complexity index is 870. The molecule has 0 bridgehead atoms. The molecule has 3 rings (SSSR count). The fourth-order valence-electron chi connectivity index (χ4n) is 2.63. The van der Waals surface area contributed by atoms with Gasteiger partial charge in [-0.05, 0) is 37.1 Å². The van der Waals surface area contributed by atoms with Gasteiger partial charge in [0.25, 0.3) is 5.91 Å². The van der Waals surface area contributed by atoms with Crippen LogP contribution in [0.25, 0.3) is 11.4 Å². The summed E-state index contributed by atoms with van der Waals surface area (Å²) in [4.78, 5) is 16.3. The molecule has 0 spiro atoms. The number of hydrogen-bond acceptors (Lipinski definition) is 6. The Kier molecular flexibility index (Phi) is 6.19. The number of amides is 1. The Hall–Kier alpha value is -3.16. The van der Waals surface area contributed by atoms with Crippen molar-refractivity contribution in [2.24, 2.45) is 7.05 Å². The molecule has 1 aromatic carbocycles. The predicted octanol–water partition coefficient (Wildman–Crippen LogP) is 2.62. The summed E-state index contributed by atoms with van der Waals surface area (Å²) in [6.07, 6.45) is 6.77. The lowest BCUT2D eigenvalue weighted by Crippen LogP contribution is -2.24. The van der Waals surface area contributed by atoms with Crippen LogP contribution in [0.2, 0.25) is 0 Å². The zero-order valence-electron chi connectivity index (χ0n) is 15.5. The van der Waals surface area contributed by atoms with E-state index < -0.39 is 0 Å². The highest BCUT2D eigenvalue weighted by molar-refractivity contribution is 5.93. The van der Waals surface area contributed by atoms with E-state index in [1.807, 2.05) is 24.3 Å². The second-order valence-corrected chi connectivity index (χ2v) is 6.21. The second-order valence-electron chi connectivity index (χ2n) is 6.21. The fraction of sp³-hybridized carbons (Fsp3) is 0.368. The van der Waals surface area contributed by atoms with Gasteiger partial charge in [0, 0.05) is 31.8 Å². The number of carbonyl (C=O) groups is 1. The quantitative estimate of drug-likeness (QED) is 0.583. The maximum absolute atomic E-state index is 11.9. The van der Waals surface area contributed by atoms with Gasteiger partial charge < -0.3 is 14.6 Å². The molecule has 3 aromatic rings. The van der Waals surface area contributed by atoms with Crippen LogP contribution in [0.15, 0.2) is 41.2 Å². The summed E-state index contributed by atoms with van der Waals surface area (Å²) in [5.41, 5.74) is 1.47. The topological polar surface area (TPSA) is 95.1 Å². The molecule has 0 unspecified atom stereocenters. The number of methoxy groups -OCH3 is 1. The summed E-state index contributed by atoms with van der Waals surface area (Å²) in [6.45, 7) is 0.634. The van der Waals surface area contributed by atoms with Gasteiger partial charge in [0.2, 0.25) is 11.7 Å². The number of rotatable bonds is 9. The van der Waals surface area contributed by atoms with Crippen molar-refractivity contribution in [3.8, 4) is 17.1 Å². The standard InChI is InChI=1S/C19H23N5O3/c1-24-13-15(12-21-24)19(25)20-11-5-3-4-6-17-22-18(23-27-17)14-7-9-16(26-2)10-8-14/h7-10,12-13H,3-6,11H2,1-2H3,(H,20,25). The molecule has 0 aliphatic rings. The maximum Gasteiger partial charge on any atom is 0.254 e. The minimum atomic E-state index is -0.0934. The lowest BCUT2D eigenvalue weighted by molar-refractivity contribution is 0.0953. The molecule has 0 fully saturated rings. The van der Waals surface area contributed by atoms with Crippen LogP contribution in [-0.4, -0.2) is 39.5 Å². The van der Waals surface area contributed by atoms with Crippen LogP contribution in [0.3, 0.4) is 0 Å². The number of aromatic nitrogens is 4. The van der Waals surface area contributed by atoms with Gasteiger partial charge in [-0.1, -0.05) is 11.6 Å². The van der Waals surface area contributed by atoms with E-state index >= 15 is 0 Å². The molecule has 1 amide bonds. The number of unbranched alkanes of at least 4 members (excludes halogenated alkanes) is 2. The molecule has 8 nitrogen and oxygen atoms in total. The van der Waals surface area contributed by atoms with Gasteiger partial charge in [-0.2, -0.15) is 10.1 Å². The molecular weight excluding hydrogens is 346 g/mol. The van der Waals surface area contributed by atoms with Crippen LogP contribution in [0.5, 0.6) is 5.75 Å². The molecule has 0 radical (unpaired) electrons. The van der Waals surface area contributed by atoms with Crippen LogP contribution < -0.4 is 10.1 Å². The number of benzene rings is 1. The zero-order chi connectivity index (χ0) is 19.1. The number of carbonyl (C=O) groups excluding carboxylic acids is 1. The summed E-state index contributed by atoms with van der Waals surface area (Å²) >= 11 is 0. The number of nitrogens with zero attached hydrogens (tertiary/aromatic N) is 4. The Balaban J connectivity index is 1.36. The first-order chi connectivity index (χ1) is 13.2. The zero-order valence-corrected chi connectivity index (χ0v) is 15.5. The minimum absolute atomic E-state index is 0.0934. The van der Waals surface area contributed by atoms with Crippen LogP contribution in [0, 0.1) is 0 Å². The average Bonchev–Trinajstić information content (AvgIpc) is 3.33. The summed E-state index contributed by atoms with van der Waals surface area (Å²) in [5.74, 6) is 1.90. The van der Waals surface area contributed by atoms with Crippen molar-refractivity contribution in [3.63, 3.8) is 0 Å². The summed E-state index contributed by atoms with van der Waals surface area (Å²) in [7, 11) is 3.42. The average molecular weight is 369 g/mol. The van der Waals surface area contributed by atoms with E-state index in [4.69, 9.17) is 9.26 Å². The van der Waals surface area contributed by atoms with Gasteiger partial charge in [0.1, 0.15) is 5.75 Å². The Morgan fingerprint density at radius 1 is 1.22 bits per heavy atom.